The maximum Gasteiger partial charge on any atom is 0.271 e. The number of hydrogen-bond donors (Lipinski definition) is 2. The molecule has 0 saturated heterocycles. The lowest BCUT2D eigenvalue weighted by Crippen LogP contribution is -2.17. The minimum absolute atomic E-state index is 0.0343. The molecular formula is C22H19ClN2O4. The molecule has 0 fully saturated rings. The zero-order valence-electron chi connectivity index (χ0n) is 15.6. The smallest absolute Gasteiger partial charge is 0.271 e. The van der Waals surface area contributed by atoms with Gasteiger partial charge in [-0.2, -0.15) is 5.10 Å². The second-order valence-corrected chi connectivity index (χ2v) is 6.51. The van der Waals surface area contributed by atoms with E-state index in [1.54, 1.807) is 36.4 Å². The summed E-state index contributed by atoms with van der Waals surface area (Å²) in [4.78, 5) is 12.2. The first-order valence-corrected chi connectivity index (χ1v) is 9.10. The number of carbonyl (C=O) groups excluding carboxylic acids is 1. The molecule has 1 amide bonds. The van der Waals surface area contributed by atoms with Gasteiger partial charge in [0.05, 0.1) is 13.3 Å². The number of nitrogens with one attached hydrogen (secondary N) is 1. The minimum atomic E-state index is -0.351. The Balaban J connectivity index is 1.54. The summed E-state index contributed by atoms with van der Waals surface area (Å²) < 4.78 is 10.7. The lowest BCUT2D eigenvalue weighted by Gasteiger charge is -2.07. The molecule has 0 aliphatic carbocycles. The number of rotatable bonds is 7. The molecule has 0 atom stereocenters. The summed E-state index contributed by atoms with van der Waals surface area (Å²) in [5.41, 5.74) is 4.57. The van der Waals surface area contributed by atoms with Crippen molar-refractivity contribution in [1.29, 1.82) is 0 Å². The predicted molar refractivity (Wildman–Crippen MR) is 112 cm³/mol. The highest BCUT2D eigenvalue weighted by molar-refractivity contribution is 6.30. The largest absolute Gasteiger partial charge is 0.504 e. The van der Waals surface area contributed by atoms with Gasteiger partial charge in [0, 0.05) is 10.6 Å². The first kappa shape index (κ1) is 20.2. The fourth-order valence-corrected chi connectivity index (χ4v) is 2.58. The van der Waals surface area contributed by atoms with Gasteiger partial charge >= 0.3 is 0 Å². The van der Waals surface area contributed by atoms with Crippen molar-refractivity contribution in [2.75, 3.05) is 7.11 Å². The number of hydrogen-bond acceptors (Lipinski definition) is 5. The van der Waals surface area contributed by atoms with E-state index in [1.165, 1.54) is 19.4 Å². The van der Waals surface area contributed by atoms with E-state index >= 15 is 0 Å². The van der Waals surface area contributed by atoms with Crippen LogP contribution in [0.1, 0.15) is 21.5 Å². The second-order valence-electron chi connectivity index (χ2n) is 6.07. The highest BCUT2D eigenvalue weighted by Crippen LogP contribution is 2.25. The topological polar surface area (TPSA) is 80.2 Å². The molecule has 0 bridgehead atoms. The zero-order chi connectivity index (χ0) is 20.6. The predicted octanol–water partition coefficient (Wildman–Crippen LogP) is 4.40. The van der Waals surface area contributed by atoms with Gasteiger partial charge in [-0.05, 0) is 65.7 Å². The number of aromatic hydroxyl groups is 1. The highest BCUT2D eigenvalue weighted by Gasteiger charge is 2.05. The van der Waals surface area contributed by atoms with Crippen LogP contribution in [0.5, 0.6) is 17.2 Å². The monoisotopic (exact) mass is 410 g/mol. The molecule has 29 heavy (non-hydrogen) atoms. The Hall–Kier alpha value is -3.51. The first-order chi connectivity index (χ1) is 14.0. The highest BCUT2D eigenvalue weighted by atomic mass is 35.5. The number of phenolic OH excluding ortho intramolecular Hbond substituents is 1. The standard InChI is InChI=1S/C22H19ClN2O4/c1-28-21-12-16(4-11-20(21)26)13-24-25-22(27)17-5-9-19(10-6-17)29-14-15-2-7-18(23)8-3-15/h2-13,26H,14H2,1H3,(H,25,27)/b24-13+. The van der Waals surface area contributed by atoms with E-state index in [9.17, 15) is 9.90 Å². The summed E-state index contributed by atoms with van der Waals surface area (Å²) in [6.07, 6.45) is 1.46. The molecule has 0 aliphatic rings. The first-order valence-electron chi connectivity index (χ1n) is 8.73. The number of carbonyl (C=O) groups is 1. The third kappa shape index (κ3) is 5.73. The third-order valence-electron chi connectivity index (χ3n) is 4.02. The van der Waals surface area contributed by atoms with Crippen molar-refractivity contribution in [3.8, 4) is 17.2 Å². The Morgan fingerprint density at radius 3 is 2.52 bits per heavy atom. The Kier molecular flexibility index (Phi) is 6.71. The lowest BCUT2D eigenvalue weighted by atomic mass is 10.2. The summed E-state index contributed by atoms with van der Waals surface area (Å²) in [6.45, 7) is 0.406. The van der Waals surface area contributed by atoms with Crippen molar-refractivity contribution in [1.82, 2.24) is 5.43 Å². The number of hydrazone groups is 1. The van der Waals surface area contributed by atoms with Crippen molar-refractivity contribution in [3.05, 3.63) is 88.4 Å². The van der Waals surface area contributed by atoms with Crippen LogP contribution >= 0.6 is 11.6 Å². The SMILES string of the molecule is COc1cc(/C=N/NC(=O)c2ccc(OCc3ccc(Cl)cc3)cc2)ccc1O. The molecule has 0 radical (unpaired) electrons. The molecule has 148 valence electrons. The molecular weight excluding hydrogens is 392 g/mol. The minimum Gasteiger partial charge on any atom is -0.504 e. The third-order valence-corrected chi connectivity index (χ3v) is 4.27. The Bertz CT molecular complexity index is 1000. The molecule has 0 unspecified atom stereocenters. The number of ether oxygens (including phenoxy) is 2. The normalized spacial score (nSPS) is 10.7. The maximum absolute atomic E-state index is 12.2. The Morgan fingerprint density at radius 1 is 1.10 bits per heavy atom. The van der Waals surface area contributed by atoms with Crippen LogP contribution in [-0.2, 0) is 6.61 Å². The van der Waals surface area contributed by atoms with Gasteiger partial charge in [-0.1, -0.05) is 23.7 Å². The van der Waals surface area contributed by atoms with Crippen LogP contribution in [0.3, 0.4) is 0 Å². The van der Waals surface area contributed by atoms with Gasteiger partial charge in [0.25, 0.3) is 5.91 Å². The van der Waals surface area contributed by atoms with E-state index in [4.69, 9.17) is 21.1 Å². The number of phenols is 1. The molecule has 2 N–H and O–H groups in total. The van der Waals surface area contributed by atoms with Crippen molar-refractivity contribution in [3.63, 3.8) is 0 Å². The molecule has 0 aromatic heterocycles. The van der Waals surface area contributed by atoms with E-state index in [1.807, 2.05) is 24.3 Å². The molecule has 6 nitrogen and oxygen atoms in total. The van der Waals surface area contributed by atoms with E-state index in [0.717, 1.165) is 5.56 Å². The molecule has 3 aromatic carbocycles. The van der Waals surface area contributed by atoms with Gasteiger partial charge < -0.3 is 14.6 Å². The number of halogens is 1. The van der Waals surface area contributed by atoms with Crippen LogP contribution < -0.4 is 14.9 Å². The fraction of sp³-hybridized carbons (Fsp3) is 0.0909. The number of nitrogens with zero attached hydrogens (tertiary/aromatic N) is 1. The Morgan fingerprint density at radius 2 is 1.83 bits per heavy atom. The van der Waals surface area contributed by atoms with Gasteiger partial charge in [-0.25, -0.2) is 5.43 Å². The van der Waals surface area contributed by atoms with Crippen molar-refractivity contribution >= 4 is 23.7 Å². The van der Waals surface area contributed by atoms with Gasteiger partial charge in [0.1, 0.15) is 12.4 Å². The van der Waals surface area contributed by atoms with Crippen LogP contribution in [0.4, 0.5) is 0 Å². The van der Waals surface area contributed by atoms with Crippen molar-refractivity contribution in [2.24, 2.45) is 5.10 Å². The van der Waals surface area contributed by atoms with E-state index in [-0.39, 0.29) is 11.7 Å². The molecule has 0 saturated carbocycles. The summed E-state index contributed by atoms with van der Waals surface area (Å²) >= 11 is 5.86. The number of amides is 1. The molecule has 0 heterocycles. The summed E-state index contributed by atoms with van der Waals surface area (Å²) in [5.74, 6) is 0.661. The summed E-state index contributed by atoms with van der Waals surface area (Å²) in [7, 11) is 1.46. The molecule has 0 aliphatic heterocycles. The summed E-state index contributed by atoms with van der Waals surface area (Å²) in [6, 6.07) is 18.9. The van der Waals surface area contributed by atoms with Gasteiger partial charge in [-0.3, -0.25) is 4.79 Å². The summed E-state index contributed by atoms with van der Waals surface area (Å²) in [5, 5.41) is 14.2. The van der Waals surface area contributed by atoms with Gasteiger partial charge in [0.15, 0.2) is 11.5 Å². The molecule has 3 rings (SSSR count). The van der Waals surface area contributed by atoms with Crippen LogP contribution in [0.2, 0.25) is 5.02 Å². The average Bonchev–Trinajstić information content (AvgIpc) is 2.75. The van der Waals surface area contributed by atoms with Gasteiger partial charge in [0.2, 0.25) is 0 Å². The van der Waals surface area contributed by atoms with Crippen molar-refractivity contribution < 1.29 is 19.4 Å². The Labute approximate surface area is 173 Å². The van der Waals surface area contributed by atoms with E-state index in [0.29, 0.717) is 34.3 Å². The van der Waals surface area contributed by atoms with Crippen LogP contribution in [0.25, 0.3) is 0 Å². The fourth-order valence-electron chi connectivity index (χ4n) is 2.45. The average molecular weight is 411 g/mol. The number of benzene rings is 3. The maximum atomic E-state index is 12.2. The van der Waals surface area contributed by atoms with Gasteiger partial charge in [-0.15, -0.1) is 0 Å². The molecule has 0 spiro atoms. The van der Waals surface area contributed by atoms with E-state index < -0.39 is 0 Å². The molecule has 7 heteroatoms. The second kappa shape index (κ2) is 9.61. The van der Waals surface area contributed by atoms with Crippen LogP contribution in [0.15, 0.2) is 71.8 Å². The van der Waals surface area contributed by atoms with Crippen LogP contribution in [-0.4, -0.2) is 24.3 Å². The quantitative estimate of drug-likeness (QED) is 0.447. The molecule has 3 aromatic rings. The van der Waals surface area contributed by atoms with Crippen LogP contribution in [0, 0.1) is 0 Å². The lowest BCUT2D eigenvalue weighted by molar-refractivity contribution is 0.0955. The van der Waals surface area contributed by atoms with E-state index in [2.05, 4.69) is 10.5 Å². The number of methoxy groups -OCH3 is 1. The zero-order valence-corrected chi connectivity index (χ0v) is 16.4. The van der Waals surface area contributed by atoms with Crippen molar-refractivity contribution in [2.45, 2.75) is 6.61 Å².